The van der Waals surface area contributed by atoms with Crippen LogP contribution in [0.15, 0.2) is 85.3 Å². The first kappa shape index (κ1) is 22.0. The number of benzene rings is 1. The summed E-state index contributed by atoms with van der Waals surface area (Å²) in [7, 11) is 1.64. The van der Waals surface area contributed by atoms with Gasteiger partial charge in [-0.25, -0.2) is 4.98 Å². The molecule has 0 radical (unpaired) electrons. The van der Waals surface area contributed by atoms with Crippen molar-refractivity contribution in [3.05, 3.63) is 96.6 Å². The number of carbonyl (C=O) groups excluding carboxylic acids is 1. The lowest BCUT2D eigenvalue weighted by atomic mass is 10.1. The minimum absolute atomic E-state index is 0.391. The Morgan fingerprint density at radius 2 is 1.88 bits per heavy atom. The van der Waals surface area contributed by atoms with Crippen LogP contribution in [0.25, 0.3) is 11.3 Å². The van der Waals surface area contributed by atoms with Crippen LogP contribution in [0.3, 0.4) is 0 Å². The summed E-state index contributed by atoms with van der Waals surface area (Å²) in [5.74, 6) is 1.35. The van der Waals surface area contributed by atoms with Crippen molar-refractivity contribution in [2.24, 2.45) is 0 Å². The molecule has 7 heteroatoms. The molecule has 0 spiro atoms. The fraction of sp³-hybridized carbons (Fsp3) is 0.154. The molecule has 0 saturated heterocycles. The van der Waals surface area contributed by atoms with Gasteiger partial charge in [0.25, 0.3) is 0 Å². The van der Waals surface area contributed by atoms with Crippen molar-refractivity contribution in [1.82, 2.24) is 15.0 Å². The zero-order valence-corrected chi connectivity index (χ0v) is 18.4. The van der Waals surface area contributed by atoms with Gasteiger partial charge in [-0.3, -0.25) is 14.8 Å². The number of para-hydroxylation sites is 1. The van der Waals surface area contributed by atoms with Crippen LogP contribution in [-0.4, -0.2) is 35.0 Å². The molecule has 0 aliphatic rings. The molecule has 3 aromatic heterocycles. The standard InChI is InChI=1S/C26H25N5O2/c1-33-25-10-3-2-9-22(25)23-11-12-24(31(19-32)18-20-7-6-14-27-17-20)26(30-23)29-16-13-21-8-4-5-15-28-21/h2-12,14-15,17,19H,13,16,18H2,1H3,(H,29,30). The maximum Gasteiger partial charge on any atom is 0.214 e. The van der Waals surface area contributed by atoms with Gasteiger partial charge in [0.05, 0.1) is 25.0 Å². The highest BCUT2D eigenvalue weighted by Crippen LogP contribution is 2.33. The molecule has 33 heavy (non-hydrogen) atoms. The molecule has 0 fully saturated rings. The zero-order valence-electron chi connectivity index (χ0n) is 18.4. The van der Waals surface area contributed by atoms with Gasteiger partial charge in [0, 0.05) is 42.8 Å². The molecule has 166 valence electrons. The molecule has 1 N–H and O–H groups in total. The van der Waals surface area contributed by atoms with Crippen molar-refractivity contribution < 1.29 is 9.53 Å². The van der Waals surface area contributed by atoms with Gasteiger partial charge in [-0.15, -0.1) is 0 Å². The van der Waals surface area contributed by atoms with Crippen LogP contribution in [0.2, 0.25) is 0 Å². The minimum Gasteiger partial charge on any atom is -0.496 e. The summed E-state index contributed by atoms with van der Waals surface area (Å²) in [6.07, 6.45) is 6.79. The number of ether oxygens (including phenoxy) is 1. The first-order valence-corrected chi connectivity index (χ1v) is 10.7. The molecule has 3 heterocycles. The molecule has 4 aromatic rings. The SMILES string of the molecule is COc1ccccc1-c1ccc(N(C=O)Cc2cccnc2)c(NCCc2ccccn2)n1. The Bertz CT molecular complexity index is 1190. The van der Waals surface area contributed by atoms with Crippen molar-refractivity contribution in [1.29, 1.82) is 0 Å². The van der Waals surface area contributed by atoms with Gasteiger partial charge in [0.15, 0.2) is 5.82 Å². The van der Waals surface area contributed by atoms with E-state index in [4.69, 9.17) is 9.72 Å². The van der Waals surface area contributed by atoms with Crippen molar-refractivity contribution in [3.63, 3.8) is 0 Å². The van der Waals surface area contributed by atoms with E-state index in [1.54, 1.807) is 30.6 Å². The van der Waals surface area contributed by atoms with E-state index in [1.807, 2.05) is 66.7 Å². The van der Waals surface area contributed by atoms with Crippen LogP contribution in [0.5, 0.6) is 5.75 Å². The maximum atomic E-state index is 12.0. The van der Waals surface area contributed by atoms with E-state index in [-0.39, 0.29) is 0 Å². The molecule has 0 atom stereocenters. The largest absolute Gasteiger partial charge is 0.496 e. The number of nitrogens with zero attached hydrogens (tertiary/aromatic N) is 4. The number of rotatable bonds is 10. The second-order valence-electron chi connectivity index (χ2n) is 7.36. The number of pyridine rings is 3. The van der Waals surface area contributed by atoms with Crippen LogP contribution >= 0.6 is 0 Å². The average Bonchev–Trinajstić information content (AvgIpc) is 2.88. The van der Waals surface area contributed by atoms with Crippen LogP contribution in [0.1, 0.15) is 11.3 Å². The van der Waals surface area contributed by atoms with Gasteiger partial charge < -0.3 is 15.0 Å². The zero-order chi connectivity index (χ0) is 22.9. The van der Waals surface area contributed by atoms with Crippen molar-refractivity contribution in [2.75, 3.05) is 23.9 Å². The summed E-state index contributed by atoms with van der Waals surface area (Å²) >= 11 is 0. The molecule has 0 aliphatic heterocycles. The molecule has 0 bridgehead atoms. The van der Waals surface area contributed by atoms with E-state index >= 15 is 0 Å². The Kier molecular flexibility index (Phi) is 7.22. The molecule has 7 nitrogen and oxygen atoms in total. The number of aromatic nitrogens is 3. The maximum absolute atomic E-state index is 12.0. The molecule has 0 saturated carbocycles. The third-order valence-corrected chi connectivity index (χ3v) is 5.17. The first-order valence-electron chi connectivity index (χ1n) is 10.7. The van der Waals surface area contributed by atoms with Gasteiger partial charge in [-0.1, -0.05) is 24.3 Å². The molecular weight excluding hydrogens is 414 g/mol. The predicted octanol–water partition coefficient (Wildman–Crippen LogP) is 4.36. The Balaban J connectivity index is 1.65. The predicted molar refractivity (Wildman–Crippen MR) is 129 cm³/mol. The molecule has 0 unspecified atom stereocenters. The number of methoxy groups -OCH3 is 1. The normalized spacial score (nSPS) is 10.5. The van der Waals surface area contributed by atoms with Gasteiger partial charge >= 0.3 is 0 Å². The summed E-state index contributed by atoms with van der Waals surface area (Å²) < 4.78 is 5.51. The van der Waals surface area contributed by atoms with Crippen LogP contribution in [0, 0.1) is 0 Å². The van der Waals surface area contributed by atoms with Crippen LogP contribution < -0.4 is 15.0 Å². The summed E-state index contributed by atoms with van der Waals surface area (Å²) in [6, 6.07) is 21.2. The smallest absolute Gasteiger partial charge is 0.214 e. The monoisotopic (exact) mass is 439 g/mol. The highest BCUT2D eigenvalue weighted by atomic mass is 16.5. The van der Waals surface area contributed by atoms with Gasteiger partial charge in [0.1, 0.15) is 5.75 Å². The van der Waals surface area contributed by atoms with Gasteiger partial charge in [0.2, 0.25) is 6.41 Å². The number of hydrogen-bond acceptors (Lipinski definition) is 6. The van der Waals surface area contributed by atoms with E-state index in [9.17, 15) is 4.79 Å². The number of amides is 1. The molecule has 1 aromatic carbocycles. The summed E-state index contributed by atoms with van der Waals surface area (Å²) in [5, 5.41) is 3.40. The van der Waals surface area contributed by atoms with E-state index in [1.165, 1.54) is 0 Å². The van der Waals surface area contributed by atoms with Crippen LogP contribution in [-0.2, 0) is 17.8 Å². The topological polar surface area (TPSA) is 80.2 Å². The second kappa shape index (κ2) is 10.9. The van der Waals surface area contributed by atoms with Crippen molar-refractivity contribution in [3.8, 4) is 17.0 Å². The Labute approximate surface area is 193 Å². The average molecular weight is 440 g/mol. The Morgan fingerprint density at radius 3 is 2.64 bits per heavy atom. The number of anilines is 2. The summed E-state index contributed by atoms with van der Waals surface area (Å²) in [5.41, 5.74) is 4.23. The lowest BCUT2D eigenvalue weighted by Crippen LogP contribution is -2.23. The van der Waals surface area contributed by atoms with E-state index in [0.717, 1.165) is 41.1 Å². The van der Waals surface area contributed by atoms with Crippen molar-refractivity contribution >= 4 is 17.9 Å². The summed E-state index contributed by atoms with van der Waals surface area (Å²) in [4.78, 5) is 27.0. The van der Waals surface area contributed by atoms with Crippen molar-refractivity contribution in [2.45, 2.75) is 13.0 Å². The molecule has 1 amide bonds. The summed E-state index contributed by atoms with van der Waals surface area (Å²) in [6.45, 7) is 1.01. The highest BCUT2D eigenvalue weighted by Gasteiger charge is 2.16. The number of nitrogens with one attached hydrogen (secondary N) is 1. The lowest BCUT2D eigenvalue weighted by molar-refractivity contribution is -0.107. The highest BCUT2D eigenvalue weighted by molar-refractivity contribution is 5.83. The third kappa shape index (κ3) is 5.51. The quantitative estimate of drug-likeness (QED) is 0.370. The third-order valence-electron chi connectivity index (χ3n) is 5.17. The van der Waals surface area contributed by atoms with E-state index < -0.39 is 0 Å². The van der Waals surface area contributed by atoms with Crippen LogP contribution in [0.4, 0.5) is 11.5 Å². The molecule has 4 rings (SSSR count). The lowest BCUT2D eigenvalue weighted by Gasteiger charge is -2.22. The Morgan fingerprint density at radius 1 is 1.00 bits per heavy atom. The van der Waals surface area contributed by atoms with E-state index in [0.29, 0.717) is 24.6 Å². The fourth-order valence-corrected chi connectivity index (χ4v) is 3.54. The minimum atomic E-state index is 0.391. The number of carbonyl (C=O) groups is 1. The van der Waals surface area contributed by atoms with Gasteiger partial charge in [-0.2, -0.15) is 0 Å². The van der Waals surface area contributed by atoms with Gasteiger partial charge in [-0.05, 0) is 48.0 Å². The molecular formula is C26H25N5O2. The molecule has 0 aliphatic carbocycles. The Hall–Kier alpha value is -4.26. The number of hydrogen-bond donors (Lipinski definition) is 1. The second-order valence-corrected chi connectivity index (χ2v) is 7.36. The first-order chi connectivity index (χ1) is 16.3. The van der Waals surface area contributed by atoms with E-state index in [2.05, 4.69) is 15.3 Å². The fourth-order valence-electron chi connectivity index (χ4n) is 3.54.